The molecule has 2 aliphatic rings. The quantitative estimate of drug-likeness (QED) is 0.868. The second-order valence-corrected chi connectivity index (χ2v) is 5.44. The van der Waals surface area contributed by atoms with Gasteiger partial charge in [-0.2, -0.15) is 0 Å². The Hall–Kier alpha value is -1.59. The van der Waals surface area contributed by atoms with Crippen LogP contribution in [0.3, 0.4) is 0 Å². The highest BCUT2D eigenvalue weighted by Gasteiger charge is 2.45. The Kier molecular flexibility index (Phi) is 3.89. The van der Waals surface area contributed by atoms with Crippen LogP contribution in [0.5, 0.6) is 0 Å². The van der Waals surface area contributed by atoms with Crippen molar-refractivity contribution in [3.8, 4) is 0 Å². The fourth-order valence-corrected chi connectivity index (χ4v) is 3.20. The van der Waals surface area contributed by atoms with Crippen molar-refractivity contribution in [1.29, 1.82) is 0 Å². The van der Waals surface area contributed by atoms with Crippen molar-refractivity contribution in [2.45, 2.75) is 37.6 Å². The molecule has 5 nitrogen and oxygen atoms in total. The summed E-state index contributed by atoms with van der Waals surface area (Å²) < 4.78 is 5.42. The van der Waals surface area contributed by atoms with Crippen LogP contribution in [0.15, 0.2) is 30.3 Å². The number of piperazine rings is 1. The van der Waals surface area contributed by atoms with Crippen molar-refractivity contribution in [2.75, 3.05) is 13.2 Å². The van der Waals surface area contributed by atoms with Crippen molar-refractivity contribution in [3.63, 3.8) is 0 Å². The number of fused-ring (bicyclic) bond motifs is 2. The largest absolute Gasteiger partial charge is 0.445 e. The van der Waals surface area contributed by atoms with Gasteiger partial charge in [0.25, 0.3) is 0 Å². The van der Waals surface area contributed by atoms with Crippen LogP contribution in [-0.2, 0) is 11.3 Å². The molecule has 2 N–H and O–H groups in total. The maximum atomic E-state index is 12.3. The Balaban J connectivity index is 1.62. The number of ether oxygens (including phenoxy) is 1. The molecule has 0 spiro atoms. The van der Waals surface area contributed by atoms with E-state index in [0.29, 0.717) is 6.61 Å². The second-order valence-electron chi connectivity index (χ2n) is 5.44. The van der Waals surface area contributed by atoms with Gasteiger partial charge >= 0.3 is 6.09 Å². The van der Waals surface area contributed by atoms with Gasteiger partial charge in [0.15, 0.2) is 0 Å². The van der Waals surface area contributed by atoms with Gasteiger partial charge < -0.3 is 15.2 Å². The Morgan fingerprint density at radius 3 is 2.90 bits per heavy atom. The average Bonchev–Trinajstić information content (AvgIpc) is 2.80. The number of amides is 1. The van der Waals surface area contributed by atoms with Crippen LogP contribution in [0.1, 0.15) is 18.4 Å². The standard InChI is InChI=1S/C15H20N2O3/c18-9-13-14-7-6-12(8-16-13)17(14)15(19)20-10-11-4-2-1-3-5-11/h1-5,12-14,16,18H,6-10H2/t12-,13+,14+/m0/s1. The zero-order valence-corrected chi connectivity index (χ0v) is 11.4. The van der Waals surface area contributed by atoms with Crippen molar-refractivity contribution in [3.05, 3.63) is 35.9 Å². The topological polar surface area (TPSA) is 61.8 Å². The van der Waals surface area contributed by atoms with Gasteiger partial charge in [0.1, 0.15) is 6.61 Å². The van der Waals surface area contributed by atoms with E-state index in [2.05, 4.69) is 5.32 Å². The molecule has 2 aliphatic heterocycles. The lowest BCUT2D eigenvalue weighted by Gasteiger charge is -2.39. The molecule has 2 heterocycles. The summed E-state index contributed by atoms with van der Waals surface area (Å²) in [4.78, 5) is 14.1. The molecular weight excluding hydrogens is 256 g/mol. The molecule has 108 valence electrons. The second kappa shape index (κ2) is 5.81. The average molecular weight is 276 g/mol. The molecule has 0 aromatic heterocycles. The third-order valence-corrected chi connectivity index (χ3v) is 4.24. The van der Waals surface area contributed by atoms with Gasteiger partial charge in [-0.05, 0) is 18.4 Å². The van der Waals surface area contributed by atoms with E-state index < -0.39 is 0 Å². The van der Waals surface area contributed by atoms with Gasteiger partial charge in [-0.3, -0.25) is 4.90 Å². The summed E-state index contributed by atoms with van der Waals surface area (Å²) in [5.74, 6) is 0. The maximum Gasteiger partial charge on any atom is 0.410 e. The van der Waals surface area contributed by atoms with Crippen molar-refractivity contribution in [2.24, 2.45) is 0 Å². The van der Waals surface area contributed by atoms with Crippen LogP contribution in [-0.4, -0.2) is 47.4 Å². The number of aliphatic hydroxyl groups is 1. The normalized spacial score (nSPS) is 28.4. The lowest BCUT2D eigenvalue weighted by molar-refractivity contribution is 0.0476. The first kappa shape index (κ1) is 13.4. The molecule has 2 saturated heterocycles. The lowest BCUT2D eigenvalue weighted by Crippen LogP contribution is -2.60. The molecule has 0 radical (unpaired) electrons. The molecule has 3 rings (SSSR count). The van der Waals surface area contributed by atoms with Crippen molar-refractivity contribution in [1.82, 2.24) is 10.2 Å². The first-order valence-corrected chi connectivity index (χ1v) is 7.13. The van der Waals surface area contributed by atoms with Gasteiger partial charge in [-0.1, -0.05) is 30.3 Å². The fourth-order valence-electron chi connectivity index (χ4n) is 3.20. The zero-order chi connectivity index (χ0) is 13.9. The van der Waals surface area contributed by atoms with Gasteiger partial charge in [0, 0.05) is 12.6 Å². The smallest absolute Gasteiger partial charge is 0.410 e. The fraction of sp³-hybridized carbons (Fsp3) is 0.533. The Bertz CT molecular complexity index is 465. The van der Waals surface area contributed by atoms with Crippen molar-refractivity contribution >= 4 is 6.09 Å². The van der Waals surface area contributed by atoms with Crippen molar-refractivity contribution < 1.29 is 14.6 Å². The molecule has 5 heteroatoms. The van der Waals surface area contributed by atoms with Crippen LogP contribution in [0, 0.1) is 0 Å². The van der Waals surface area contributed by atoms with E-state index >= 15 is 0 Å². The number of carbonyl (C=O) groups is 1. The predicted octanol–water partition coefficient (Wildman–Crippen LogP) is 1.12. The maximum absolute atomic E-state index is 12.3. The molecule has 0 unspecified atom stereocenters. The van der Waals surface area contributed by atoms with E-state index in [1.54, 1.807) is 0 Å². The first-order chi connectivity index (χ1) is 9.79. The highest BCUT2D eigenvalue weighted by atomic mass is 16.6. The third-order valence-electron chi connectivity index (χ3n) is 4.24. The van der Waals surface area contributed by atoms with E-state index in [1.165, 1.54) is 0 Å². The molecule has 3 atom stereocenters. The molecule has 1 amide bonds. The van der Waals surface area contributed by atoms with Gasteiger partial charge in [0.05, 0.1) is 18.7 Å². The highest BCUT2D eigenvalue weighted by molar-refractivity contribution is 5.69. The Morgan fingerprint density at radius 1 is 1.35 bits per heavy atom. The monoisotopic (exact) mass is 276 g/mol. The van der Waals surface area contributed by atoms with Gasteiger partial charge in [-0.15, -0.1) is 0 Å². The molecular formula is C15H20N2O3. The first-order valence-electron chi connectivity index (χ1n) is 7.13. The Morgan fingerprint density at radius 2 is 2.15 bits per heavy atom. The summed E-state index contributed by atoms with van der Waals surface area (Å²) in [6.45, 7) is 1.09. The minimum Gasteiger partial charge on any atom is -0.445 e. The Labute approximate surface area is 118 Å². The van der Waals surface area contributed by atoms with Crippen LogP contribution >= 0.6 is 0 Å². The highest BCUT2D eigenvalue weighted by Crippen LogP contribution is 2.30. The van der Waals surface area contributed by atoms with Crippen LogP contribution in [0.4, 0.5) is 4.79 Å². The predicted molar refractivity (Wildman–Crippen MR) is 74.2 cm³/mol. The summed E-state index contributed by atoms with van der Waals surface area (Å²) in [6, 6.07) is 9.91. The number of rotatable bonds is 3. The zero-order valence-electron chi connectivity index (χ0n) is 11.4. The number of nitrogens with zero attached hydrogens (tertiary/aromatic N) is 1. The van der Waals surface area contributed by atoms with E-state index in [0.717, 1.165) is 24.9 Å². The number of carbonyl (C=O) groups excluding carboxylic acids is 1. The molecule has 20 heavy (non-hydrogen) atoms. The summed E-state index contributed by atoms with van der Waals surface area (Å²) >= 11 is 0. The summed E-state index contributed by atoms with van der Waals surface area (Å²) in [5.41, 5.74) is 0.988. The number of hydrogen-bond donors (Lipinski definition) is 2. The molecule has 1 aromatic carbocycles. The minimum absolute atomic E-state index is 0.0296. The van der Waals surface area contributed by atoms with E-state index in [4.69, 9.17) is 4.74 Å². The number of hydrogen-bond acceptors (Lipinski definition) is 4. The number of nitrogens with one attached hydrogen (secondary N) is 1. The molecule has 2 bridgehead atoms. The van der Waals surface area contributed by atoms with Gasteiger partial charge in [-0.25, -0.2) is 4.79 Å². The molecule has 2 fully saturated rings. The molecule has 0 saturated carbocycles. The summed E-state index contributed by atoms with van der Waals surface area (Å²) in [6.07, 6.45) is 1.65. The lowest BCUT2D eigenvalue weighted by atomic mass is 10.1. The summed E-state index contributed by atoms with van der Waals surface area (Å²) in [5, 5.41) is 12.7. The minimum atomic E-state index is -0.263. The van der Waals surface area contributed by atoms with E-state index in [-0.39, 0.29) is 30.8 Å². The van der Waals surface area contributed by atoms with Crippen LogP contribution < -0.4 is 5.32 Å². The SMILES string of the molecule is O=C(OCc1ccccc1)N1[C@H]2CC[C@@H]1[C@@H](CO)NC2. The third kappa shape index (κ3) is 2.51. The van der Waals surface area contributed by atoms with E-state index in [9.17, 15) is 9.90 Å². The van der Waals surface area contributed by atoms with Crippen LogP contribution in [0.25, 0.3) is 0 Å². The number of benzene rings is 1. The number of aliphatic hydroxyl groups excluding tert-OH is 1. The summed E-state index contributed by atoms with van der Waals surface area (Å²) in [7, 11) is 0. The van der Waals surface area contributed by atoms with Gasteiger partial charge in [0.2, 0.25) is 0 Å². The van der Waals surface area contributed by atoms with Crippen LogP contribution in [0.2, 0.25) is 0 Å². The molecule has 0 aliphatic carbocycles. The van der Waals surface area contributed by atoms with E-state index in [1.807, 2.05) is 35.2 Å². The molecule has 1 aromatic rings.